The van der Waals surface area contributed by atoms with Crippen molar-refractivity contribution in [1.29, 1.82) is 5.26 Å². The summed E-state index contributed by atoms with van der Waals surface area (Å²) in [6.07, 6.45) is 1.50. The number of hydrogen-bond donors (Lipinski definition) is 1. The van der Waals surface area contributed by atoms with Gasteiger partial charge < -0.3 is 24.1 Å². The van der Waals surface area contributed by atoms with Gasteiger partial charge in [-0.3, -0.25) is 4.79 Å². The number of hydrogen-bond acceptors (Lipinski definition) is 6. The number of carbonyl (C=O) groups is 2. The SMILES string of the molecule is COc1ccc(NC(=O)COC(=O)c2cc(C#N)cn2C)cc1OC. The quantitative estimate of drug-likeness (QED) is 0.801. The highest BCUT2D eigenvalue weighted by Gasteiger charge is 2.15. The van der Waals surface area contributed by atoms with Crippen molar-refractivity contribution in [2.24, 2.45) is 7.05 Å². The Balaban J connectivity index is 1.95. The van der Waals surface area contributed by atoms with E-state index >= 15 is 0 Å². The van der Waals surface area contributed by atoms with Crippen LogP contribution in [0.25, 0.3) is 0 Å². The van der Waals surface area contributed by atoms with Gasteiger partial charge in [-0.15, -0.1) is 0 Å². The van der Waals surface area contributed by atoms with E-state index in [-0.39, 0.29) is 5.69 Å². The molecule has 1 amide bonds. The number of benzene rings is 1. The van der Waals surface area contributed by atoms with Crippen LogP contribution in [0.4, 0.5) is 5.69 Å². The van der Waals surface area contributed by atoms with Crippen LogP contribution in [0.3, 0.4) is 0 Å². The molecule has 130 valence electrons. The standard InChI is InChI=1S/C17H17N3O5/c1-20-9-11(8-18)6-13(20)17(22)25-10-16(21)19-12-4-5-14(23-2)15(7-12)24-3/h4-7,9H,10H2,1-3H3,(H,19,21). The van der Waals surface area contributed by atoms with Gasteiger partial charge in [-0.05, 0) is 18.2 Å². The number of amides is 1. The van der Waals surface area contributed by atoms with Crippen LogP contribution in [0, 0.1) is 11.3 Å². The molecule has 0 fully saturated rings. The number of anilines is 1. The second-order valence-electron chi connectivity index (χ2n) is 5.03. The van der Waals surface area contributed by atoms with E-state index < -0.39 is 18.5 Å². The first-order valence-corrected chi connectivity index (χ1v) is 7.24. The van der Waals surface area contributed by atoms with Crippen LogP contribution in [0.1, 0.15) is 16.1 Å². The van der Waals surface area contributed by atoms with Crippen molar-refractivity contribution < 1.29 is 23.8 Å². The topological polar surface area (TPSA) is 103 Å². The number of rotatable bonds is 6. The van der Waals surface area contributed by atoms with Gasteiger partial charge in [0.25, 0.3) is 5.91 Å². The normalized spacial score (nSPS) is 9.84. The van der Waals surface area contributed by atoms with Gasteiger partial charge >= 0.3 is 5.97 Å². The molecule has 0 aliphatic heterocycles. The fourth-order valence-electron chi connectivity index (χ4n) is 2.14. The maximum Gasteiger partial charge on any atom is 0.355 e. The summed E-state index contributed by atoms with van der Waals surface area (Å²) in [5, 5.41) is 11.4. The third kappa shape index (κ3) is 4.29. The zero-order valence-corrected chi connectivity index (χ0v) is 14.0. The van der Waals surface area contributed by atoms with Crippen molar-refractivity contribution in [3.63, 3.8) is 0 Å². The van der Waals surface area contributed by atoms with Gasteiger partial charge in [0, 0.05) is 25.0 Å². The highest BCUT2D eigenvalue weighted by molar-refractivity contribution is 5.95. The van der Waals surface area contributed by atoms with Crippen molar-refractivity contribution in [2.75, 3.05) is 26.1 Å². The molecule has 0 bridgehead atoms. The van der Waals surface area contributed by atoms with Gasteiger partial charge in [-0.1, -0.05) is 0 Å². The second-order valence-corrected chi connectivity index (χ2v) is 5.03. The van der Waals surface area contributed by atoms with Gasteiger partial charge in [0.2, 0.25) is 0 Å². The van der Waals surface area contributed by atoms with E-state index in [1.807, 2.05) is 6.07 Å². The Hall–Kier alpha value is -3.47. The molecule has 0 saturated carbocycles. The van der Waals surface area contributed by atoms with Gasteiger partial charge in [0.05, 0.1) is 19.8 Å². The van der Waals surface area contributed by atoms with Crippen LogP contribution in [0.5, 0.6) is 11.5 Å². The van der Waals surface area contributed by atoms with E-state index in [2.05, 4.69) is 5.32 Å². The molecule has 8 heteroatoms. The largest absolute Gasteiger partial charge is 0.493 e. The maximum absolute atomic E-state index is 12.0. The summed E-state index contributed by atoms with van der Waals surface area (Å²) in [7, 11) is 4.61. The smallest absolute Gasteiger partial charge is 0.355 e. The number of methoxy groups -OCH3 is 2. The molecule has 0 aliphatic rings. The number of ether oxygens (including phenoxy) is 3. The van der Waals surface area contributed by atoms with Gasteiger partial charge in [0.15, 0.2) is 18.1 Å². The summed E-state index contributed by atoms with van der Waals surface area (Å²) in [6.45, 7) is -0.458. The van der Waals surface area contributed by atoms with Crippen LogP contribution in [0.15, 0.2) is 30.5 Å². The number of aromatic nitrogens is 1. The van der Waals surface area contributed by atoms with Crippen LogP contribution in [0.2, 0.25) is 0 Å². The lowest BCUT2D eigenvalue weighted by Gasteiger charge is -2.11. The molecule has 1 heterocycles. The molecule has 0 saturated heterocycles. The highest BCUT2D eigenvalue weighted by Crippen LogP contribution is 2.29. The van der Waals surface area contributed by atoms with Crippen LogP contribution < -0.4 is 14.8 Å². The molecular weight excluding hydrogens is 326 g/mol. The summed E-state index contributed by atoms with van der Waals surface area (Å²) in [5.74, 6) is -0.198. The third-order valence-corrected chi connectivity index (χ3v) is 3.34. The van der Waals surface area contributed by atoms with Crippen molar-refractivity contribution in [3.05, 3.63) is 41.7 Å². The Morgan fingerprint density at radius 3 is 2.52 bits per heavy atom. The first-order valence-electron chi connectivity index (χ1n) is 7.24. The Bertz CT molecular complexity index is 835. The van der Waals surface area contributed by atoms with Crippen molar-refractivity contribution in [2.45, 2.75) is 0 Å². The van der Waals surface area contributed by atoms with E-state index in [4.69, 9.17) is 19.5 Å². The van der Waals surface area contributed by atoms with Crippen molar-refractivity contribution in [1.82, 2.24) is 4.57 Å². The number of carbonyl (C=O) groups excluding carboxylic acids is 2. The van der Waals surface area contributed by atoms with Crippen LogP contribution in [-0.4, -0.2) is 37.3 Å². The lowest BCUT2D eigenvalue weighted by atomic mass is 10.2. The van der Waals surface area contributed by atoms with E-state index in [1.54, 1.807) is 25.2 Å². The predicted molar refractivity (Wildman–Crippen MR) is 88.6 cm³/mol. The number of nitriles is 1. The Morgan fingerprint density at radius 2 is 1.92 bits per heavy atom. The number of esters is 1. The Kier molecular flexibility index (Phi) is 5.63. The molecule has 0 radical (unpaired) electrons. The van der Waals surface area contributed by atoms with E-state index in [9.17, 15) is 9.59 Å². The zero-order chi connectivity index (χ0) is 18.4. The molecule has 8 nitrogen and oxygen atoms in total. The summed E-state index contributed by atoms with van der Waals surface area (Å²) in [6, 6.07) is 8.20. The van der Waals surface area contributed by atoms with Crippen molar-refractivity contribution >= 4 is 17.6 Å². The molecule has 2 aromatic rings. The molecule has 1 N–H and O–H groups in total. The lowest BCUT2D eigenvalue weighted by Crippen LogP contribution is -2.21. The number of aryl methyl sites for hydroxylation is 1. The maximum atomic E-state index is 12.0. The van der Waals surface area contributed by atoms with E-state index in [1.165, 1.54) is 31.0 Å². The molecule has 1 aromatic carbocycles. The molecule has 0 aliphatic carbocycles. The molecule has 0 unspecified atom stereocenters. The minimum Gasteiger partial charge on any atom is -0.493 e. The summed E-state index contributed by atoms with van der Waals surface area (Å²) in [5.41, 5.74) is 1.00. The van der Waals surface area contributed by atoms with E-state index in [0.717, 1.165) is 0 Å². The van der Waals surface area contributed by atoms with Gasteiger partial charge in [-0.25, -0.2) is 4.79 Å². The lowest BCUT2D eigenvalue weighted by molar-refractivity contribution is -0.119. The molecule has 1 aromatic heterocycles. The molecule has 0 spiro atoms. The second kappa shape index (κ2) is 7.88. The average Bonchev–Trinajstić information content (AvgIpc) is 3.00. The fourth-order valence-corrected chi connectivity index (χ4v) is 2.14. The Morgan fingerprint density at radius 1 is 1.20 bits per heavy atom. The molecule has 2 rings (SSSR count). The number of nitrogens with one attached hydrogen (secondary N) is 1. The Labute approximate surface area is 144 Å². The zero-order valence-electron chi connectivity index (χ0n) is 14.0. The van der Waals surface area contributed by atoms with E-state index in [0.29, 0.717) is 22.7 Å². The predicted octanol–water partition coefficient (Wildman–Crippen LogP) is 1.71. The minimum atomic E-state index is -0.688. The monoisotopic (exact) mass is 343 g/mol. The van der Waals surface area contributed by atoms with Gasteiger partial charge in [-0.2, -0.15) is 5.26 Å². The molecular formula is C17H17N3O5. The summed E-state index contributed by atoms with van der Waals surface area (Å²) in [4.78, 5) is 23.9. The van der Waals surface area contributed by atoms with Crippen molar-refractivity contribution in [3.8, 4) is 17.6 Å². The third-order valence-electron chi connectivity index (χ3n) is 3.34. The van der Waals surface area contributed by atoms with Crippen LogP contribution in [-0.2, 0) is 16.6 Å². The number of nitrogens with zero attached hydrogens (tertiary/aromatic N) is 2. The first-order chi connectivity index (χ1) is 12.0. The van der Waals surface area contributed by atoms with Crippen LogP contribution >= 0.6 is 0 Å². The average molecular weight is 343 g/mol. The molecule has 25 heavy (non-hydrogen) atoms. The van der Waals surface area contributed by atoms with Gasteiger partial charge in [0.1, 0.15) is 11.8 Å². The fraction of sp³-hybridized carbons (Fsp3) is 0.235. The first kappa shape index (κ1) is 17.9. The summed E-state index contributed by atoms with van der Waals surface area (Å²) < 4.78 is 16.7. The molecule has 0 atom stereocenters. The summed E-state index contributed by atoms with van der Waals surface area (Å²) >= 11 is 0. The highest BCUT2D eigenvalue weighted by atomic mass is 16.5. The minimum absolute atomic E-state index is 0.190.